The molecule has 0 atom stereocenters. The van der Waals surface area contributed by atoms with E-state index in [0.717, 1.165) is 25.7 Å². The van der Waals surface area contributed by atoms with E-state index in [2.05, 4.69) is 4.90 Å². The minimum atomic E-state index is -1.41. The van der Waals surface area contributed by atoms with Crippen LogP contribution in [-0.2, 0) is 0 Å². The summed E-state index contributed by atoms with van der Waals surface area (Å²) >= 11 is 0. The Hall–Kier alpha value is -3.30. The highest BCUT2D eigenvalue weighted by Crippen LogP contribution is 2.28. The van der Waals surface area contributed by atoms with Gasteiger partial charge in [0, 0.05) is 56.5 Å². The van der Waals surface area contributed by atoms with Gasteiger partial charge in [0.05, 0.1) is 11.2 Å². The number of piperazine rings is 1. The molecule has 2 aromatic carbocycles. The van der Waals surface area contributed by atoms with Crippen LogP contribution in [-0.4, -0.2) is 59.8 Å². The highest BCUT2D eigenvalue weighted by molar-refractivity contribution is 5.94. The summed E-state index contributed by atoms with van der Waals surface area (Å²) in [6.07, 6.45) is 1.20. The molecule has 1 fully saturated rings. The summed E-state index contributed by atoms with van der Waals surface area (Å²) in [7, 11) is 0. The van der Waals surface area contributed by atoms with Crippen molar-refractivity contribution in [2.75, 3.05) is 44.2 Å². The topological polar surface area (TPSA) is 91.8 Å². The molecule has 0 amide bonds. The Morgan fingerprint density at radius 2 is 1.74 bits per heavy atom. The van der Waals surface area contributed by atoms with E-state index in [9.17, 15) is 19.1 Å². The van der Waals surface area contributed by atoms with E-state index in [1.54, 1.807) is 6.07 Å². The van der Waals surface area contributed by atoms with Gasteiger partial charge in [-0.3, -0.25) is 9.69 Å². The van der Waals surface area contributed by atoms with Crippen molar-refractivity contribution in [1.82, 2.24) is 9.47 Å². The number of nitrogens with two attached hydrogens (primary N) is 1. The molecule has 31 heavy (non-hydrogen) atoms. The lowest BCUT2D eigenvalue weighted by atomic mass is 10.1. The van der Waals surface area contributed by atoms with Gasteiger partial charge >= 0.3 is 5.97 Å². The number of carboxylic acids is 1. The molecule has 1 aliphatic heterocycles. The van der Waals surface area contributed by atoms with Crippen molar-refractivity contribution >= 4 is 22.6 Å². The highest BCUT2D eigenvalue weighted by Gasteiger charge is 2.22. The summed E-state index contributed by atoms with van der Waals surface area (Å²) < 4.78 is 29.9. The van der Waals surface area contributed by atoms with Crippen LogP contribution in [0.3, 0.4) is 0 Å². The number of carboxylic acid groups (broad SMARTS) is 1. The van der Waals surface area contributed by atoms with Crippen LogP contribution < -0.4 is 16.1 Å². The van der Waals surface area contributed by atoms with Crippen LogP contribution in [0.4, 0.5) is 14.5 Å². The highest BCUT2D eigenvalue weighted by atomic mass is 19.1. The van der Waals surface area contributed by atoms with Gasteiger partial charge in [-0.15, -0.1) is 0 Å². The predicted octanol–water partition coefficient (Wildman–Crippen LogP) is 2.05. The second-order valence-corrected chi connectivity index (χ2v) is 7.46. The first-order chi connectivity index (χ1) is 14.9. The molecule has 1 aromatic heterocycles. The van der Waals surface area contributed by atoms with Crippen molar-refractivity contribution in [3.8, 4) is 5.69 Å². The van der Waals surface area contributed by atoms with Crippen LogP contribution in [0.25, 0.3) is 16.6 Å². The van der Waals surface area contributed by atoms with Crippen LogP contribution in [0.15, 0.2) is 47.4 Å². The van der Waals surface area contributed by atoms with Crippen LogP contribution in [0.1, 0.15) is 10.4 Å². The third-order valence-corrected chi connectivity index (χ3v) is 5.57. The summed E-state index contributed by atoms with van der Waals surface area (Å²) in [6, 6.07) is 8.06. The van der Waals surface area contributed by atoms with Gasteiger partial charge in [-0.25, -0.2) is 13.6 Å². The van der Waals surface area contributed by atoms with Crippen molar-refractivity contribution in [3.63, 3.8) is 0 Å². The zero-order valence-corrected chi connectivity index (χ0v) is 16.7. The third-order valence-electron chi connectivity index (χ3n) is 5.57. The minimum Gasteiger partial charge on any atom is -0.477 e. The number of fused-ring (bicyclic) bond motifs is 1. The summed E-state index contributed by atoms with van der Waals surface area (Å²) in [5.41, 5.74) is 5.49. The molecule has 9 heteroatoms. The standard InChI is InChI=1S/C22H22F2N4O3/c23-14-1-3-15(4-2-14)28-13-17(22(30)31)21(29)16-11-18(24)20(12-19(16)28)27-9-7-26(6-5-25)8-10-27/h1-4,11-13H,5-10,25H2,(H,30,31). The van der Waals surface area contributed by atoms with Gasteiger partial charge in [0.15, 0.2) is 0 Å². The van der Waals surface area contributed by atoms with Gasteiger partial charge in [-0.1, -0.05) is 0 Å². The molecule has 4 rings (SSSR count). The zero-order chi connectivity index (χ0) is 22.1. The zero-order valence-electron chi connectivity index (χ0n) is 16.7. The summed E-state index contributed by atoms with van der Waals surface area (Å²) in [5.74, 6) is -2.46. The predicted molar refractivity (Wildman–Crippen MR) is 114 cm³/mol. The van der Waals surface area contributed by atoms with Gasteiger partial charge in [-0.05, 0) is 36.4 Å². The first-order valence-electron chi connectivity index (χ1n) is 9.94. The number of hydrogen-bond donors (Lipinski definition) is 2. The smallest absolute Gasteiger partial charge is 0.341 e. The average Bonchev–Trinajstić information content (AvgIpc) is 2.75. The maximum Gasteiger partial charge on any atom is 0.341 e. The molecule has 7 nitrogen and oxygen atoms in total. The van der Waals surface area contributed by atoms with Crippen LogP contribution in [0, 0.1) is 11.6 Å². The molecule has 162 valence electrons. The fourth-order valence-electron chi connectivity index (χ4n) is 3.94. The lowest BCUT2D eigenvalue weighted by molar-refractivity contribution is 0.0695. The van der Waals surface area contributed by atoms with Gasteiger partial charge < -0.3 is 20.3 Å². The van der Waals surface area contributed by atoms with Crippen LogP contribution in [0.2, 0.25) is 0 Å². The van der Waals surface area contributed by atoms with Crippen molar-refractivity contribution < 1.29 is 18.7 Å². The third kappa shape index (κ3) is 4.01. The number of carbonyl (C=O) groups is 1. The molecule has 3 aromatic rings. The Kier molecular flexibility index (Phi) is 5.71. The monoisotopic (exact) mass is 428 g/mol. The van der Waals surface area contributed by atoms with Crippen LogP contribution in [0.5, 0.6) is 0 Å². The fourth-order valence-corrected chi connectivity index (χ4v) is 3.94. The number of pyridine rings is 1. The minimum absolute atomic E-state index is 0.0488. The molecule has 0 saturated carbocycles. The van der Waals surface area contributed by atoms with Crippen molar-refractivity contribution in [3.05, 3.63) is 70.0 Å². The second-order valence-electron chi connectivity index (χ2n) is 7.46. The number of hydrogen-bond acceptors (Lipinski definition) is 5. The number of halogens is 2. The molecular weight excluding hydrogens is 406 g/mol. The van der Waals surface area contributed by atoms with Crippen LogP contribution >= 0.6 is 0 Å². The van der Waals surface area contributed by atoms with Gasteiger partial charge in [-0.2, -0.15) is 0 Å². The van der Waals surface area contributed by atoms with E-state index >= 15 is 4.39 Å². The number of aromatic carboxylic acids is 1. The maximum atomic E-state index is 15.0. The quantitative estimate of drug-likeness (QED) is 0.646. The number of benzene rings is 2. The van der Waals surface area contributed by atoms with E-state index in [-0.39, 0.29) is 5.39 Å². The largest absolute Gasteiger partial charge is 0.477 e. The molecule has 1 aliphatic rings. The molecule has 1 saturated heterocycles. The Bertz CT molecular complexity index is 1190. The normalized spacial score (nSPS) is 14.9. The number of rotatable bonds is 5. The molecular formula is C22H22F2N4O3. The average molecular weight is 428 g/mol. The fraction of sp³-hybridized carbons (Fsp3) is 0.273. The number of anilines is 1. The van der Waals surface area contributed by atoms with E-state index in [0.29, 0.717) is 36.5 Å². The Morgan fingerprint density at radius 3 is 2.35 bits per heavy atom. The molecule has 0 unspecified atom stereocenters. The molecule has 2 heterocycles. The van der Waals surface area contributed by atoms with Crippen molar-refractivity contribution in [1.29, 1.82) is 0 Å². The van der Waals surface area contributed by atoms with E-state index in [1.807, 2.05) is 4.90 Å². The SMILES string of the molecule is NCCN1CCN(c2cc3c(cc2F)c(=O)c(C(=O)O)cn3-c2ccc(F)cc2)CC1. The Labute approximate surface area is 176 Å². The first-order valence-corrected chi connectivity index (χ1v) is 9.94. The molecule has 0 radical (unpaired) electrons. The van der Waals surface area contributed by atoms with E-state index in [4.69, 9.17) is 5.73 Å². The molecule has 0 spiro atoms. The van der Waals surface area contributed by atoms with E-state index in [1.165, 1.54) is 35.0 Å². The summed E-state index contributed by atoms with van der Waals surface area (Å²) in [5, 5.41) is 9.40. The van der Waals surface area contributed by atoms with Crippen molar-refractivity contribution in [2.24, 2.45) is 5.73 Å². The lowest BCUT2D eigenvalue weighted by Crippen LogP contribution is -2.48. The Balaban J connectivity index is 1.86. The number of aromatic nitrogens is 1. The first kappa shape index (κ1) is 21.0. The summed E-state index contributed by atoms with van der Waals surface area (Å²) in [6.45, 7) is 3.98. The van der Waals surface area contributed by atoms with Gasteiger partial charge in [0.1, 0.15) is 17.2 Å². The second kappa shape index (κ2) is 8.44. The van der Waals surface area contributed by atoms with Gasteiger partial charge in [0.25, 0.3) is 0 Å². The van der Waals surface area contributed by atoms with Gasteiger partial charge in [0.2, 0.25) is 5.43 Å². The molecule has 0 bridgehead atoms. The summed E-state index contributed by atoms with van der Waals surface area (Å²) in [4.78, 5) is 28.4. The van der Waals surface area contributed by atoms with E-state index < -0.39 is 28.6 Å². The van der Waals surface area contributed by atoms with Crippen molar-refractivity contribution in [2.45, 2.75) is 0 Å². The number of nitrogens with zero attached hydrogens (tertiary/aromatic N) is 3. The Morgan fingerprint density at radius 1 is 1.06 bits per heavy atom. The maximum absolute atomic E-state index is 15.0. The molecule has 0 aliphatic carbocycles. The lowest BCUT2D eigenvalue weighted by Gasteiger charge is -2.36. The molecule has 3 N–H and O–H groups in total.